The third-order valence-corrected chi connectivity index (χ3v) is 5.27. The average Bonchev–Trinajstić information content (AvgIpc) is 2.45. The van der Waals surface area contributed by atoms with E-state index in [1.807, 2.05) is 26.0 Å². The van der Waals surface area contributed by atoms with E-state index in [1.54, 1.807) is 26.0 Å². The molecular weight excluding hydrogens is 298 g/mol. The van der Waals surface area contributed by atoms with E-state index in [4.69, 9.17) is 9.44 Å². The van der Waals surface area contributed by atoms with Gasteiger partial charge in [0.15, 0.2) is 5.75 Å². The molecule has 2 aromatic carbocycles. The van der Waals surface area contributed by atoms with Crippen molar-refractivity contribution >= 4 is 10.1 Å². The van der Waals surface area contributed by atoms with Gasteiger partial charge in [-0.15, -0.1) is 0 Å². The van der Waals surface area contributed by atoms with Gasteiger partial charge in [0.1, 0.15) is 11.0 Å². The van der Waals surface area contributed by atoms with Crippen molar-refractivity contribution in [3.05, 3.63) is 58.1 Å². The van der Waals surface area contributed by atoms with E-state index in [2.05, 4.69) is 0 Å². The van der Waals surface area contributed by atoms with Gasteiger partial charge in [0, 0.05) is 0 Å². The smallest absolute Gasteiger partial charge is 0.339 e. The van der Waals surface area contributed by atoms with Crippen LogP contribution in [0, 0.1) is 39.0 Å². The van der Waals surface area contributed by atoms with Crippen molar-refractivity contribution in [1.29, 1.82) is 5.26 Å². The molecule has 0 aromatic heterocycles. The van der Waals surface area contributed by atoms with Crippen molar-refractivity contribution < 1.29 is 12.6 Å². The first kappa shape index (κ1) is 16.1. The Bertz CT molecular complexity index is 851. The Kier molecular flexibility index (Phi) is 4.25. The van der Waals surface area contributed by atoms with Crippen LogP contribution in [0.3, 0.4) is 0 Å². The van der Waals surface area contributed by atoms with Crippen LogP contribution in [0.25, 0.3) is 0 Å². The number of rotatable bonds is 3. The zero-order chi connectivity index (χ0) is 16.5. The number of benzene rings is 2. The number of para-hydroxylation sites is 1. The lowest BCUT2D eigenvalue weighted by Crippen LogP contribution is -2.15. The number of hydrogen-bond donors (Lipinski definition) is 0. The predicted molar refractivity (Wildman–Crippen MR) is 84.4 cm³/mol. The number of nitrogens with zero attached hydrogens (tertiary/aromatic N) is 1. The van der Waals surface area contributed by atoms with Crippen LogP contribution in [0.2, 0.25) is 0 Å². The third kappa shape index (κ3) is 2.83. The molecule has 0 aliphatic rings. The van der Waals surface area contributed by atoms with Crippen LogP contribution < -0.4 is 4.18 Å². The molecule has 0 atom stereocenters. The van der Waals surface area contributed by atoms with E-state index < -0.39 is 10.1 Å². The maximum atomic E-state index is 12.7. The Balaban J connectivity index is 2.60. The standard InChI is InChI=1S/C17H17NO3S/c1-11-9-12(2)14(4)17(13(11)3)22(19,20)21-16-8-6-5-7-15(16)10-18/h5-9H,1-4H3. The van der Waals surface area contributed by atoms with Crippen molar-refractivity contribution in [1.82, 2.24) is 0 Å². The molecule has 114 valence electrons. The molecule has 0 saturated carbocycles. The number of hydrogen-bond acceptors (Lipinski definition) is 4. The maximum absolute atomic E-state index is 12.7. The second-order valence-corrected chi connectivity index (χ2v) is 6.72. The molecular formula is C17H17NO3S. The van der Waals surface area contributed by atoms with Crippen LogP contribution in [0.15, 0.2) is 35.2 Å². The van der Waals surface area contributed by atoms with E-state index in [1.165, 1.54) is 12.1 Å². The monoisotopic (exact) mass is 315 g/mol. The summed E-state index contributed by atoms with van der Waals surface area (Å²) in [6, 6.07) is 10.2. The van der Waals surface area contributed by atoms with Crippen molar-refractivity contribution in [2.24, 2.45) is 0 Å². The number of nitriles is 1. The van der Waals surface area contributed by atoms with Gasteiger partial charge < -0.3 is 4.18 Å². The Labute approximate surface area is 131 Å². The minimum absolute atomic E-state index is 0.0444. The molecule has 0 N–H and O–H groups in total. The van der Waals surface area contributed by atoms with E-state index in [9.17, 15) is 8.42 Å². The minimum Gasteiger partial charge on any atom is -0.378 e. The van der Waals surface area contributed by atoms with Crippen molar-refractivity contribution in [2.45, 2.75) is 32.6 Å². The Morgan fingerprint density at radius 3 is 2.09 bits per heavy atom. The lowest BCUT2D eigenvalue weighted by molar-refractivity contribution is 0.484. The van der Waals surface area contributed by atoms with Crippen molar-refractivity contribution in [3.63, 3.8) is 0 Å². The molecule has 4 nitrogen and oxygen atoms in total. The van der Waals surface area contributed by atoms with Crippen LogP contribution in [-0.2, 0) is 10.1 Å². The zero-order valence-corrected chi connectivity index (χ0v) is 13.8. The largest absolute Gasteiger partial charge is 0.378 e. The molecule has 0 aliphatic heterocycles. The average molecular weight is 315 g/mol. The summed E-state index contributed by atoms with van der Waals surface area (Å²) in [6.07, 6.45) is 0. The molecule has 5 heteroatoms. The van der Waals surface area contributed by atoms with Gasteiger partial charge in [0.05, 0.1) is 5.56 Å². The molecule has 0 fully saturated rings. The summed E-state index contributed by atoms with van der Waals surface area (Å²) < 4.78 is 30.6. The molecule has 0 heterocycles. The van der Waals surface area contributed by atoms with Crippen LogP contribution in [-0.4, -0.2) is 8.42 Å². The van der Waals surface area contributed by atoms with E-state index >= 15 is 0 Å². The molecule has 0 radical (unpaired) electrons. The van der Waals surface area contributed by atoms with Crippen LogP contribution >= 0.6 is 0 Å². The highest BCUT2D eigenvalue weighted by atomic mass is 32.2. The molecule has 2 aromatic rings. The van der Waals surface area contributed by atoms with Gasteiger partial charge in [0.25, 0.3) is 0 Å². The first-order valence-electron chi connectivity index (χ1n) is 6.79. The normalized spacial score (nSPS) is 11.0. The van der Waals surface area contributed by atoms with E-state index in [-0.39, 0.29) is 16.2 Å². The summed E-state index contributed by atoms with van der Waals surface area (Å²) in [5.41, 5.74) is 3.29. The summed E-state index contributed by atoms with van der Waals surface area (Å²) in [4.78, 5) is 0.178. The molecule has 0 amide bonds. The maximum Gasteiger partial charge on any atom is 0.339 e. The van der Waals surface area contributed by atoms with Gasteiger partial charge in [-0.25, -0.2) is 0 Å². The van der Waals surface area contributed by atoms with Gasteiger partial charge in [-0.3, -0.25) is 0 Å². The second kappa shape index (κ2) is 5.82. The lowest BCUT2D eigenvalue weighted by Gasteiger charge is -2.16. The van der Waals surface area contributed by atoms with Gasteiger partial charge >= 0.3 is 10.1 Å². The van der Waals surface area contributed by atoms with Gasteiger partial charge in [0.2, 0.25) is 0 Å². The van der Waals surface area contributed by atoms with E-state index in [0.717, 1.165) is 11.1 Å². The summed E-state index contributed by atoms with van der Waals surface area (Å²) >= 11 is 0. The van der Waals surface area contributed by atoms with Crippen LogP contribution in [0.4, 0.5) is 0 Å². The highest BCUT2D eigenvalue weighted by molar-refractivity contribution is 7.87. The fourth-order valence-corrected chi connectivity index (χ4v) is 3.88. The highest BCUT2D eigenvalue weighted by Crippen LogP contribution is 2.29. The topological polar surface area (TPSA) is 67.2 Å². The molecule has 0 saturated heterocycles. The van der Waals surface area contributed by atoms with E-state index in [0.29, 0.717) is 11.1 Å². The van der Waals surface area contributed by atoms with Crippen molar-refractivity contribution in [3.8, 4) is 11.8 Å². The Hall–Kier alpha value is -2.32. The summed E-state index contributed by atoms with van der Waals surface area (Å²) in [6.45, 7) is 7.25. The highest BCUT2D eigenvalue weighted by Gasteiger charge is 2.25. The minimum atomic E-state index is -4.00. The molecule has 2 rings (SSSR count). The Morgan fingerprint density at radius 2 is 1.55 bits per heavy atom. The third-order valence-electron chi connectivity index (χ3n) is 3.75. The summed E-state index contributed by atoms with van der Waals surface area (Å²) in [5.74, 6) is 0.0444. The van der Waals surface area contributed by atoms with Gasteiger partial charge in [-0.05, 0) is 62.1 Å². The Morgan fingerprint density at radius 1 is 1.00 bits per heavy atom. The fourth-order valence-electron chi connectivity index (χ4n) is 2.35. The first-order chi connectivity index (χ1) is 10.3. The predicted octanol–water partition coefficient (Wildman–Crippen LogP) is 3.56. The first-order valence-corrected chi connectivity index (χ1v) is 8.19. The van der Waals surface area contributed by atoms with Gasteiger partial charge in [-0.2, -0.15) is 13.7 Å². The zero-order valence-electron chi connectivity index (χ0n) is 13.0. The van der Waals surface area contributed by atoms with Crippen LogP contribution in [0.5, 0.6) is 5.75 Å². The van der Waals surface area contributed by atoms with Gasteiger partial charge in [-0.1, -0.05) is 18.2 Å². The number of aryl methyl sites for hydroxylation is 2. The summed E-state index contributed by atoms with van der Waals surface area (Å²) in [5, 5.41) is 9.06. The molecule has 0 aliphatic carbocycles. The summed E-state index contributed by atoms with van der Waals surface area (Å²) in [7, 11) is -4.00. The molecule has 0 bridgehead atoms. The second-order valence-electron chi connectivity index (χ2n) is 5.23. The molecule has 0 spiro atoms. The lowest BCUT2D eigenvalue weighted by atomic mass is 10.0. The van der Waals surface area contributed by atoms with Crippen molar-refractivity contribution in [2.75, 3.05) is 0 Å². The molecule has 22 heavy (non-hydrogen) atoms. The fraction of sp³-hybridized carbons (Fsp3) is 0.235. The van der Waals surface area contributed by atoms with Crippen LogP contribution in [0.1, 0.15) is 27.8 Å². The molecule has 0 unspecified atom stereocenters. The quantitative estimate of drug-likeness (QED) is 0.812. The SMILES string of the molecule is Cc1cc(C)c(C)c(S(=O)(=O)Oc2ccccc2C#N)c1C.